The third-order valence-corrected chi connectivity index (χ3v) is 9.52. The average molecular weight is 538 g/mol. The van der Waals surface area contributed by atoms with Crippen LogP contribution >= 0.6 is 0 Å². The summed E-state index contributed by atoms with van der Waals surface area (Å²) in [6, 6.07) is -0.0597. The van der Waals surface area contributed by atoms with Gasteiger partial charge in [0.15, 0.2) is 17.8 Å². The molecule has 0 unspecified atom stereocenters. The summed E-state index contributed by atoms with van der Waals surface area (Å²) < 4.78 is 44.1. The first-order valence-corrected chi connectivity index (χ1v) is 14.8. The molecule has 0 radical (unpaired) electrons. The summed E-state index contributed by atoms with van der Waals surface area (Å²) in [4.78, 5) is 20.1. The number of hydrogen-bond donors (Lipinski definition) is 0. The second kappa shape index (κ2) is 9.08. The minimum absolute atomic E-state index is 0.0597. The van der Waals surface area contributed by atoms with E-state index in [4.69, 9.17) is 38.0 Å². The Labute approximate surface area is 224 Å². The van der Waals surface area contributed by atoms with E-state index in [2.05, 4.69) is 0 Å². The van der Waals surface area contributed by atoms with Crippen LogP contribution in [0.15, 0.2) is 0 Å². The fourth-order valence-corrected chi connectivity index (χ4v) is 7.85. The van der Waals surface area contributed by atoms with Gasteiger partial charge in [0.25, 0.3) is 5.79 Å². The van der Waals surface area contributed by atoms with Gasteiger partial charge in [-0.15, -0.1) is 0 Å². The molecule has 2 spiro atoms. The molecule has 10 nitrogen and oxygen atoms in total. The molecule has 0 bridgehead atoms. The SMILES string of the molecule is CC1(C)O[C@H]2[C@@H](O1)[C@H](N1O[C@@]3(C[C@@H]1C1CCCCC1)OC1(CCCCC1)OC3=O)O[C@H]2[C@H]1COC(C)(C)O1. The Morgan fingerprint density at radius 2 is 1.53 bits per heavy atom. The van der Waals surface area contributed by atoms with E-state index < -0.39 is 47.6 Å². The van der Waals surface area contributed by atoms with Crippen LogP contribution in [-0.2, 0) is 42.8 Å². The topological polar surface area (TPSA) is 94.2 Å². The molecule has 2 aliphatic carbocycles. The highest BCUT2D eigenvalue weighted by atomic mass is 16.9. The molecule has 2 saturated carbocycles. The van der Waals surface area contributed by atoms with Gasteiger partial charge in [-0.25, -0.2) is 9.63 Å². The zero-order chi connectivity index (χ0) is 26.3. The van der Waals surface area contributed by atoms with E-state index in [9.17, 15) is 4.79 Å². The van der Waals surface area contributed by atoms with Gasteiger partial charge in [0, 0.05) is 25.3 Å². The van der Waals surface area contributed by atoms with Crippen LogP contribution in [0.1, 0.15) is 98.3 Å². The Balaban J connectivity index is 1.20. The van der Waals surface area contributed by atoms with Gasteiger partial charge in [0.2, 0.25) is 5.79 Å². The molecule has 38 heavy (non-hydrogen) atoms. The van der Waals surface area contributed by atoms with Gasteiger partial charge in [-0.2, -0.15) is 5.06 Å². The molecule has 7 aliphatic rings. The Hall–Kier alpha value is -0.850. The number of hydrogen-bond acceptors (Lipinski definition) is 10. The first-order chi connectivity index (χ1) is 18.1. The van der Waals surface area contributed by atoms with Crippen molar-refractivity contribution in [2.24, 2.45) is 5.92 Å². The lowest BCUT2D eigenvalue weighted by Crippen LogP contribution is -2.49. The summed E-state index contributed by atoms with van der Waals surface area (Å²) >= 11 is 0. The Bertz CT molecular complexity index is 929. The van der Waals surface area contributed by atoms with Gasteiger partial charge >= 0.3 is 5.97 Å². The van der Waals surface area contributed by atoms with Crippen LogP contribution in [0.2, 0.25) is 0 Å². The first kappa shape index (κ1) is 26.1. The highest BCUT2D eigenvalue weighted by Gasteiger charge is 2.69. The molecular weight excluding hydrogens is 494 g/mol. The van der Waals surface area contributed by atoms with Crippen molar-refractivity contribution in [3.05, 3.63) is 0 Å². The maximum Gasteiger partial charge on any atom is 0.371 e. The lowest BCUT2D eigenvalue weighted by atomic mass is 9.81. The van der Waals surface area contributed by atoms with E-state index in [0.29, 0.717) is 31.8 Å². The fraction of sp³-hybridized carbons (Fsp3) is 0.964. The summed E-state index contributed by atoms with van der Waals surface area (Å²) in [5, 5.41) is 1.89. The fourth-order valence-electron chi connectivity index (χ4n) is 7.85. The molecule has 0 aromatic heterocycles. The maximum atomic E-state index is 13.5. The number of ether oxygens (including phenoxy) is 7. The second-order valence-corrected chi connectivity index (χ2v) is 13.3. The maximum absolute atomic E-state index is 13.5. The van der Waals surface area contributed by atoms with Crippen LogP contribution < -0.4 is 0 Å². The van der Waals surface area contributed by atoms with E-state index >= 15 is 0 Å². The van der Waals surface area contributed by atoms with Crippen molar-refractivity contribution in [1.29, 1.82) is 0 Å². The largest absolute Gasteiger partial charge is 0.429 e. The minimum Gasteiger partial charge on any atom is -0.429 e. The molecule has 0 aromatic carbocycles. The van der Waals surface area contributed by atoms with Gasteiger partial charge in [-0.1, -0.05) is 25.7 Å². The van der Waals surface area contributed by atoms with Gasteiger partial charge in [0.05, 0.1) is 6.61 Å². The summed E-state index contributed by atoms with van der Waals surface area (Å²) in [6.07, 6.45) is 8.66. The van der Waals surface area contributed by atoms with Crippen molar-refractivity contribution in [2.45, 2.75) is 158 Å². The number of carbonyl (C=O) groups is 1. The molecule has 0 N–H and O–H groups in total. The van der Waals surface area contributed by atoms with Crippen LogP contribution in [0.25, 0.3) is 0 Å². The standard InChI is InChI=1S/C28H43NO9/c1-25(2)31-16-19(33-25)20-21-22(35-26(3,4)34-21)23(32-20)29-18(17-11-7-5-8-12-17)15-28(38-29)24(30)36-27(37-28)13-9-6-10-14-27/h17-23H,5-16H2,1-4H3/t18-,19-,20+,21-,22-,23-,28-/m1/s1. The van der Waals surface area contributed by atoms with E-state index in [1.807, 2.05) is 32.8 Å². The number of esters is 1. The molecule has 7 fully saturated rings. The smallest absolute Gasteiger partial charge is 0.371 e. The summed E-state index contributed by atoms with van der Waals surface area (Å²) in [5.41, 5.74) is 0. The Morgan fingerprint density at radius 1 is 0.816 bits per heavy atom. The summed E-state index contributed by atoms with van der Waals surface area (Å²) in [6.45, 7) is 8.06. The molecule has 0 amide bonds. The number of carbonyl (C=O) groups excluding carboxylic acids is 1. The van der Waals surface area contributed by atoms with Crippen LogP contribution in [0.4, 0.5) is 0 Å². The van der Waals surface area contributed by atoms with Gasteiger partial charge in [-0.3, -0.25) is 4.74 Å². The highest BCUT2D eigenvalue weighted by molar-refractivity contribution is 5.80. The predicted octanol–water partition coefficient (Wildman–Crippen LogP) is 3.90. The monoisotopic (exact) mass is 537 g/mol. The number of rotatable bonds is 3. The second-order valence-electron chi connectivity index (χ2n) is 13.3. The van der Waals surface area contributed by atoms with E-state index in [1.165, 1.54) is 19.3 Å². The van der Waals surface area contributed by atoms with Crippen LogP contribution in [0.3, 0.4) is 0 Å². The zero-order valence-corrected chi connectivity index (χ0v) is 23.1. The van der Waals surface area contributed by atoms with Crippen LogP contribution in [-0.4, -0.2) is 77.5 Å². The van der Waals surface area contributed by atoms with Crippen molar-refractivity contribution in [2.75, 3.05) is 6.61 Å². The molecule has 7 atom stereocenters. The number of hydroxylamine groups is 2. The van der Waals surface area contributed by atoms with Gasteiger partial charge in [0.1, 0.15) is 24.4 Å². The van der Waals surface area contributed by atoms with Crippen molar-refractivity contribution in [3.63, 3.8) is 0 Å². The third kappa shape index (κ3) is 4.34. The lowest BCUT2D eigenvalue weighted by molar-refractivity contribution is -0.356. The number of fused-ring (bicyclic) bond motifs is 1. The molecule has 5 aliphatic heterocycles. The van der Waals surface area contributed by atoms with Crippen molar-refractivity contribution >= 4 is 5.97 Å². The minimum atomic E-state index is -1.44. The molecule has 10 heteroatoms. The van der Waals surface area contributed by atoms with E-state index in [1.54, 1.807) is 0 Å². The predicted molar refractivity (Wildman–Crippen MR) is 131 cm³/mol. The van der Waals surface area contributed by atoms with Crippen LogP contribution in [0.5, 0.6) is 0 Å². The lowest BCUT2D eigenvalue weighted by Gasteiger charge is -2.36. The average Bonchev–Trinajstić information content (AvgIpc) is 3.64. The third-order valence-electron chi connectivity index (χ3n) is 9.52. The van der Waals surface area contributed by atoms with Crippen molar-refractivity contribution in [1.82, 2.24) is 5.06 Å². The van der Waals surface area contributed by atoms with Gasteiger partial charge < -0.3 is 28.4 Å². The highest BCUT2D eigenvalue weighted by Crippen LogP contribution is 2.53. The Kier molecular flexibility index (Phi) is 6.23. The number of nitrogens with zero attached hydrogens (tertiary/aromatic N) is 1. The quantitative estimate of drug-likeness (QED) is 0.494. The molecule has 214 valence electrons. The summed E-state index contributed by atoms with van der Waals surface area (Å²) in [5.74, 6) is -3.83. The molecule has 5 saturated heterocycles. The molecule has 7 rings (SSSR count). The first-order valence-electron chi connectivity index (χ1n) is 14.8. The normalized spacial score (nSPS) is 46.3. The van der Waals surface area contributed by atoms with Crippen LogP contribution in [0, 0.1) is 5.92 Å². The zero-order valence-electron chi connectivity index (χ0n) is 23.1. The Morgan fingerprint density at radius 3 is 2.24 bits per heavy atom. The van der Waals surface area contributed by atoms with Gasteiger partial charge in [-0.05, 0) is 59.3 Å². The summed E-state index contributed by atoms with van der Waals surface area (Å²) in [7, 11) is 0. The van der Waals surface area contributed by atoms with Crippen molar-refractivity contribution in [3.8, 4) is 0 Å². The molecule has 0 aromatic rings. The van der Waals surface area contributed by atoms with E-state index in [0.717, 1.165) is 32.1 Å². The molecule has 5 heterocycles. The molecular formula is C28H43NO9. The van der Waals surface area contributed by atoms with E-state index in [-0.39, 0.29) is 18.2 Å². The van der Waals surface area contributed by atoms with Crippen molar-refractivity contribution < 1.29 is 42.8 Å².